The van der Waals surface area contributed by atoms with Gasteiger partial charge in [0.1, 0.15) is 12.5 Å². The Morgan fingerprint density at radius 3 is 2.12 bits per heavy atom. The number of nitrogens with one attached hydrogen (secondary N) is 1. The van der Waals surface area contributed by atoms with E-state index in [1.807, 2.05) is 0 Å². The highest BCUT2D eigenvalue weighted by molar-refractivity contribution is 6.00. The maximum atomic E-state index is 15.0. The highest BCUT2D eigenvalue weighted by Gasteiger charge is 2.50. The van der Waals surface area contributed by atoms with Gasteiger partial charge in [0.25, 0.3) is 0 Å². The van der Waals surface area contributed by atoms with Gasteiger partial charge in [-0.15, -0.1) is 0 Å². The number of methoxy groups -OCH3 is 1. The van der Waals surface area contributed by atoms with Gasteiger partial charge in [-0.25, -0.2) is 18.4 Å². The monoisotopic (exact) mass is 501 g/mol. The zero-order valence-electron chi connectivity index (χ0n) is 18.0. The molecule has 1 N–H and O–H groups in total. The molecule has 0 amide bonds. The highest BCUT2D eigenvalue weighted by atomic mass is 19.4. The third kappa shape index (κ3) is 5.17. The van der Waals surface area contributed by atoms with Crippen molar-refractivity contribution in [2.45, 2.75) is 38.5 Å². The van der Waals surface area contributed by atoms with E-state index in [9.17, 15) is 44.7 Å². The van der Waals surface area contributed by atoms with Crippen molar-refractivity contribution in [3.05, 3.63) is 57.2 Å². The van der Waals surface area contributed by atoms with E-state index in [4.69, 9.17) is 4.74 Å². The second-order valence-corrected chi connectivity index (χ2v) is 7.13. The van der Waals surface area contributed by atoms with Gasteiger partial charge in [-0.1, -0.05) is 6.92 Å². The number of rotatable bonds is 6. The molecule has 1 aliphatic rings. The van der Waals surface area contributed by atoms with Crippen LogP contribution in [-0.4, -0.2) is 32.3 Å². The van der Waals surface area contributed by atoms with Crippen LogP contribution >= 0.6 is 0 Å². The lowest BCUT2D eigenvalue weighted by Gasteiger charge is -2.32. The van der Waals surface area contributed by atoms with Crippen molar-refractivity contribution in [3.8, 4) is 0 Å². The normalized spacial score (nSPS) is 17.0. The largest absolute Gasteiger partial charge is 0.466 e. The van der Waals surface area contributed by atoms with Crippen LogP contribution in [0.2, 0.25) is 0 Å². The first-order chi connectivity index (χ1) is 15.7. The first-order valence-corrected chi connectivity index (χ1v) is 9.69. The van der Waals surface area contributed by atoms with Gasteiger partial charge in [0, 0.05) is 11.3 Å². The molecule has 0 aliphatic carbocycles. The SMILES string of the molecule is CCCOC(=O)C1=C(C)NC(CF)=C(C(=O)OC)C1c1c(F)ccc(C(F)(F)F)c1C(F)(F)F. The molecule has 1 aromatic carbocycles. The molecule has 5 nitrogen and oxygen atoms in total. The summed E-state index contributed by atoms with van der Waals surface area (Å²) in [5, 5.41) is 2.32. The minimum absolute atomic E-state index is 0.105. The van der Waals surface area contributed by atoms with E-state index in [-0.39, 0.29) is 30.9 Å². The Labute approximate surface area is 188 Å². The summed E-state index contributed by atoms with van der Waals surface area (Å²) in [5.41, 5.74) is -9.22. The van der Waals surface area contributed by atoms with Gasteiger partial charge in [0.15, 0.2) is 0 Å². The van der Waals surface area contributed by atoms with Crippen molar-refractivity contribution in [2.24, 2.45) is 0 Å². The van der Waals surface area contributed by atoms with E-state index in [1.54, 1.807) is 6.92 Å². The van der Waals surface area contributed by atoms with Crippen LogP contribution in [0.4, 0.5) is 35.1 Å². The number of carbonyl (C=O) groups is 2. The van der Waals surface area contributed by atoms with Crippen molar-refractivity contribution < 1.29 is 54.2 Å². The first kappa shape index (κ1) is 27.1. The summed E-state index contributed by atoms with van der Waals surface area (Å²) in [6.45, 7) is 0.919. The molecular formula is C21H19F8NO4. The molecule has 1 atom stereocenters. The molecule has 1 aromatic rings. The lowest BCUT2D eigenvalue weighted by molar-refractivity contribution is -0.162. The summed E-state index contributed by atoms with van der Waals surface area (Å²) in [5.74, 6) is -7.03. The molecule has 1 unspecified atom stereocenters. The summed E-state index contributed by atoms with van der Waals surface area (Å²) < 4.78 is 121. The molecule has 0 saturated carbocycles. The molecule has 0 radical (unpaired) electrons. The van der Waals surface area contributed by atoms with E-state index < -0.39 is 76.2 Å². The fourth-order valence-electron chi connectivity index (χ4n) is 3.60. The number of hydrogen-bond acceptors (Lipinski definition) is 5. The van der Waals surface area contributed by atoms with Gasteiger partial charge in [-0.05, 0) is 25.5 Å². The standard InChI is InChI=1S/C21H19F8NO4/c1-4-7-34-19(32)13-9(2)30-12(8-22)15(18(31)33-3)16(13)14-11(23)6-5-10(20(24,25)26)17(14)21(27,28)29/h5-6,16,30H,4,7-8H2,1-3H3. The second kappa shape index (κ2) is 10.0. The minimum Gasteiger partial charge on any atom is -0.466 e. The predicted octanol–water partition coefficient (Wildman–Crippen LogP) is 5.17. The second-order valence-electron chi connectivity index (χ2n) is 7.13. The Hall–Kier alpha value is -3.12. The molecule has 0 bridgehead atoms. The number of hydrogen-bond donors (Lipinski definition) is 1. The van der Waals surface area contributed by atoms with Crippen LogP contribution < -0.4 is 5.32 Å². The molecule has 0 aromatic heterocycles. The van der Waals surface area contributed by atoms with E-state index in [0.29, 0.717) is 0 Å². The highest BCUT2D eigenvalue weighted by Crippen LogP contribution is 2.49. The minimum atomic E-state index is -5.78. The molecule has 0 spiro atoms. The topological polar surface area (TPSA) is 64.6 Å². The molecule has 34 heavy (non-hydrogen) atoms. The van der Waals surface area contributed by atoms with Gasteiger partial charge in [-0.2, -0.15) is 26.3 Å². The number of benzene rings is 1. The van der Waals surface area contributed by atoms with Gasteiger partial charge in [0.2, 0.25) is 0 Å². The summed E-state index contributed by atoms with van der Waals surface area (Å²) in [4.78, 5) is 25.2. The van der Waals surface area contributed by atoms with Crippen molar-refractivity contribution in [1.82, 2.24) is 5.32 Å². The van der Waals surface area contributed by atoms with E-state index in [1.165, 1.54) is 0 Å². The van der Waals surface area contributed by atoms with Gasteiger partial charge in [0.05, 0.1) is 47.6 Å². The van der Waals surface area contributed by atoms with Crippen molar-refractivity contribution in [1.29, 1.82) is 0 Å². The summed E-state index contributed by atoms with van der Waals surface area (Å²) in [6, 6.07) is 0.0236. The summed E-state index contributed by atoms with van der Waals surface area (Å²) in [6.07, 6.45) is -11.1. The number of alkyl halides is 7. The van der Waals surface area contributed by atoms with Crippen LogP contribution in [0.15, 0.2) is 34.7 Å². The Morgan fingerprint density at radius 1 is 1.03 bits per heavy atom. The number of allylic oxidation sites excluding steroid dienone is 2. The number of dihydropyridines is 1. The third-order valence-corrected chi connectivity index (χ3v) is 4.91. The maximum Gasteiger partial charge on any atom is 0.417 e. The van der Waals surface area contributed by atoms with Crippen molar-refractivity contribution in [3.63, 3.8) is 0 Å². The number of halogens is 8. The predicted molar refractivity (Wildman–Crippen MR) is 101 cm³/mol. The van der Waals surface area contributed by atoms with Crippen molar-refractivity contribution >= 4 is 11.9 Å². The van der Waals surface area contributed by atoms with Crippen LogP contribution in [0.25, 0.3) is 0 Å². The number of ether oxygens (including phenoxy) is 2. The fourth-order valence-corrected chi connectivity index (χ4v) is 3.60. The van der Waals surface area contributed by atoms with Gasteiger partial charge in [-0.3, -0.25) is 0 Å². The molecule has 0 fully saturated rings. The maximum absolute atomic E-state index is 15.0. The smallest absolute Gasteiger partial charge is 0.417 e. The molecule has 2 rings (SSSR count). The Kier molecular flexibility index (Phi) is 7.99. The summed E-state index contributed by atoms with van der Waals surface area (Å²) in [7, 11) is 0.773. The Morgan fingerprint density at radius 2 is 1.65 bits per heavy atom. The molecule has 1 heterocycles. The molecule has 188 valence electrons. The zero-order chi connectivity index (χ0) is 26.0. The lowest BCUT2D eigenvalue weighted by atomic mass is 9.77. The average Bonchev–Trinajstić information content (AvgIpc) is 2.74. The third-order valence-electron chi connectivity index (χ3n) is 4.91. The molecule has 13 heteroatoms. The molecule has 1 aliphatic heterocycles. The number of esters is 2. The Bertz CT molecular complexity index is 1040. The molecular weight excluding hydrogens is 482 g/mol. The van der Waals surface area contributed by atoms with Crippen LogP contribution in [0.1, 0.15) is 42.9 Å². The summed E-state index contributed by atoms with van der Waals surface area (Å²) >= 11 is 0. The van der Waals surface area contributed by atoms with Gasteiger partial charge < -0.3 is 14.8 Å². The van der Waals surface area contributed by atoms with E-state index in [2.05, 4.69) is 10.1 Å². The first-order valence-electron chi connectivity index (χ1n) is 9.69. The lowest BCUT2D eigenvalue weighted by Crippen LogP contribution is -2.35. The van der Waals surface area contributed by atoms with E-state index >= 15 is 0 Å². The zero-order valence-corrected chi connectivity index (χ0v) is 18.0. The quantitative estimate of drug-likeness (QED) is 0.430. The van der Waals surface area contributed by atoms with Crippen LogP contribution in [0.5, 0.6) is 0 Å². The van der Waals surface area contributed by atoms with Gasteiger partial charge >= 0.3 is 24.3 Å². The average molecular weight is 501 g/mol. The van der Waals surface area contributed by atoms with Crippen molar-refractivity contribution in [2.75, 3.05) is 20.4 Å². The van der Waals surface area contributed by atoms with Crippen LogP contribution in [0, 0.1) is 5.82 Å². The van der Waals surface area contributed by atoms with Crippen LogP contribution in [0.3, 0.4) is 0 Å². The van der Waals surface area contributed by atoms with E-state index in [0.717, 1.165) is 14.0 Å². The van der Waals surface area contributed by atoms with Crippen LogP contribution in [-0.2, 0) is 31.4 Å². The number of carbonyl (C=O) groups excluding carboxylic acids is 2. The fraction of sp³-hybridized carbons (Fsp3) is 0.429. The molecule has 0 saturated heterocycles. The Balaban J connectivity index is 3.06.